The molecule has 2 nitrogen and oxygen atoms in total. The topological polar surface area (TPSA) is 20.3 Å². The van der Waals surface area contributed by atoms with Gasteiger partial charge >= 0.3 is 0 Å². The first-order valence-electron chi connectivity index (χ1n) is 3.87. The number of nitrogens with zero attached hydrogens (tertiary/aromatic N) is 1. The second-order valence-electron chi connectivity index (χ2n) is 3.24. The summed E-state index contributed by atoms with van der Waals surface area (Å²) in [5, 5.41) is 0. The minimum atomic E-state index is 0.0515. The van der Waals surface area contributed by atoms with Crippen LogP contribution in [0.3, 0.4) is 0 Å². The molecule has 0 aliphatic rings. The van der Waals surface area contributed by atoms with Gasteiger partial charge in [-0.2, -0.15) is 0 Å². The van der Waals surface area contributed by atoms with E-state index in [4.69, 9.17) is 0 Å². The predicted octanol–water partition coefficient (Wildman–Crippen LogP) is 2.02. The van der Waals surface area contributed by atoms with Crippen LogP contribution in [-0.4, -0.2) is 17.9 Å². The molecule has 0 saturated carbocycles. The van der Waals surface area contributed by atoms with Crippen molar-refractivity contribution in [3.63, 3.8) is 0 Å². The van der Waals surface area contributed by atoms with Gasteiger partial charge in [-0.25, -0.2) is 0 Å². The zero-order valence-corrected chi connectivity index (χ0v) is 7.85. The third kappa shape index (κ3) is 3.81. The molecule has 0 radical (unpaired) electrons. The Morgan fingerprint density at radius 3 is 2.27 bits per heavy atom. The molecular formula is C9H17NO. The van der Waals surface area contributed by atoms with Gasteiger partial charge < -0.3 is 4.90 Å². The zero-order valence-electron chi connectivity index (χ0n) is 7.85. The summed E-state index contributed by atoms with van der Waals surface area (Å²) in [6, 6.07) is 0. The summed E-state index contributed by atoms with van der Waals surface area (Å²) in [7, 11) is 1.76. The van der Waals surface area contributed by atoms with Gasteiger partial charge in [-0.3, -0.25) is 4.79 Å². The van der Waals surface area contributed by atoms with Crippen molar-refractivity contribution < 1.29 is 4.79 Å². The van der Waals surface area contributed by atoms with E-state index in [1.54, 1.807) is 18.9 Å². The summed E-state index contributed by atoms with van der Waals surface area (Å²) in [4.78, 5) is 12.4. The normalized spacial score (nSPS) is 9.91. The van der Waals surface area contributed by atoms with Gasteiger partial charge in [-0.15, -0.1) is 0 Å². The maximum atomic E-state index is 10.8. The molecule has 11 heavy (non-hydrogen) atoms. The van der Waals surface area contributed by atoms with Crippen LogP contribution in [0.4, 0.5) is 0 Å². The van der Waals surface area contributed by atoms with Gasteiger partial charge in [-0.1, -0.05) is 20.4 Å². The van der Waals surface area contributed by atoms with Crippen molar-refractivity contribution in [2.75, 3.05) is 7.05 Å². The lowest BCUT2D eigenvalue weighted by atomic mass is 10.1. The lowest BCUT2D eigenvalue weighted by molar-refractivity contribution is -0.125. The Morgan fingerprint density at radius 1 is 1.55 bits per heavy atom. The summed E-state index contributed by atoms with van der Waals surface area (Å²) < 4.78 is 0. The highest BCUT2D eigenvalue weighted by Gasteiger charge is 2.07. The van der Waals surface area contributed by atoms with E-state index in [-0.39, 0.29) is 5.91 Å². The van der Waals surface area contributed by atoms with Gasteiger partial charge in [0.25, 0.3) is 0 Å². The molecule has 0 aliphatic heterocycles. The summed E-state index contributed by atoms with van der Waals surface area (Å²) in [5.41, 5.74) is 0.896. The van der Waals surface area contributed by atoms with Gasteiger partial charge in [0.05, 0.1) is 0 Å². The van der Waals surface area contributed by atoms with Crippen LogP contribution >= 0.6 is 0 Å². The minimum Gasteiger partial charge on any atom is -0.320 e. The Hall–Kier alpha value is -0.790. The molecule has 64 valence electrons. The number of hydrogen-bond acceptors (Lipinski definition) is 1. The Labute approximate surface area is 68.9 Å². The van der Waals surface area contributed by atoms with Crippen molar-refractivity contribution >= 4 is 5.91 Å². The second-order valence-corrected chi connectivity index (χ2v) is 3.24. The van der Waals surface area contributed by atoms with E-state index < -0.39 is 0 Å². The average Bonchev–Trinajstić information content (AvgIpc) is 1.84. The number of amides is 1. The molecule has 0 heterocycles. The van der Waals surface area contributed by atoms with Crippen molar-refractivity contribution in [1.29, 1.82) is 0 Å². The van der Waals surface area contributed by atoms with E-state index >= 15 is 0 Å². The van der Waals surface area contributed by atoms with Gasteiger partial charge in [-0.05, 0) is 12.3 Å². The number of rotatable bonds is 3. The molecule has 0 saturated heterocycles. The highest BCUT2D eigenvalue weighted by atomic mass is 16.2. The third-order valence-corrected chi connectivity index (χ3v) is 1.59. The second kappa shape index (κ2) is 4.16. The maximum Gasteiger partial charge on any atom is 0.223 e. The van der Waals surface area contributed by atoms with Crippen LogP contribution in [0.25, 0.3) is 0 Å². The Kier molecular flexibility index (Phi) is 3.86. The Bertz CT molecular complexity index is 161. The molecule has 0 atom stereocenters. The summed E-state index contributed by atoms with van der Waals surface area (Å²) >= 11 is 0. The van der Waals surface area contributed by atoms with Crippen LogP contribution in [0.15, 0.2) is 12.3 Å². The summed E-state index contributed by atoms with van der Waals surface area (Å²) in [6.45, 7) is 9.59. The van der Waals surface area contributed by atoms with E-state index in [0.717, 1.165) is 12.1 Å². The molecule has 1 amide bonds. The molecule has 0 unspecified atom stereocenters. The van der Waals surface area contributed by atoms with E-state index in [2.05, 4.69) is 20.4 Å². The lowest BCUT2D eigenvalue weighted by Crippen LogP contribution is -2.23. The van der Waals surface area contributed by atoms with Crippen molar-refractivity contribution in [2.45, 2.75) is 27.2 Å². The Balaban J connectivity index is 3.93. The SMILES string of the molecule is C=C(CC(C)C)N(C)C(C)=O. The van der Waals surface area contributed by atoms with Crippen LogP contribution in [-0.2, 0) is 4.79 Å². The molecule has 0 N–H and O–H groups in total. The lowest BCUT2D eigenvalue weighted by Gasteiger charge is -2.18. The van der Waals surface area contributed by atoms with Crippen molar-refractivity contribution in [2.24, 2.45) is 5.92 Å². The van der Waals surface area contributed by atoms with Crippen LogP contribution < -0.4 is 0 Å². The highest BCUT2D eigenvalue weighted by molar-refractivity contribution is 5.74. The van der Waals surface area contributed by atoms with Crippen molar-refractivity contribution in [3.05, 3.63) is 12.3 Å². The van der Waals surface area contributed by atoms with Gasteiger partial charge in [0.15, 0.2) is 0 Å². The zero-order chi connectivity index (χ0) is 9.02. The fourth-order valence-corrected chi connectivity index (χ4v) is 0.831. The molecule has 0 spiro atoms. The molecule has 2 heteroatoms. The molecule has 0 aromatic rings. The van der Waals surface area contributed by atoms with Crippen LogP contribution in [0.2, 0.25) is 0 Å². The summed E-state index contributed by atoms with van der Waals surface area (Å²) in [5.74, 6) is 0.611. The minimum absolute atomic E-state index is 0.0515. The molecular weight excluding hydrogens is 138 g/mol. The number of carbonyl (C=O) groups is 1. The van der Waals surface area contributed by atoms with Gasteiger partial charge in [0.2, 0.25) is 5.91 Å². The first-order valence-corrected chi connectivity index (χ1v) is 3.87. The largest absolute Gasteiger partial charge is 0.320 e. The molecule has 0 rings (SSSR count). The number of allylic oxidation sites excluding steroid dienone is 1. The van der Waals surface area contributed by atoms with Crippen LogP contribution in [0.1, 0.15) is 27.2 Å². The molecule has 0 aromatic carbocycles. The number of carbonyl (C=O) groups excluding carboxylic acids is 1. The van der Waals surface area contributed by atoms with Gasteiger partial charge in [0.1, 0.15) is 0 Å². The van der Waals surface area contributed by atoms with E-state index in [9.17, 15) is 4.79 Å². The standard InChI is InChI=1S/C9H17NO/c1-7(2)6-8(3)10(5)9(4)11/h7H,3,6H2,1-2,4-5H3. The maximum absolute atomic E-state index is 10.8. The molecule has 0 fully saturated rings. The van der Waals surface area contributed by atoms with Crippen molar-refractivity contribution in [1.82, 2.24) is 4.90 Å². The molecule has 0 aliphatic carbocycles. The average molecular weight is 155 g/mol. The smallest absolute Gasteiger partial charge is 0.223 e. The van der Waals surface area contributed by atoms with E-state index in [0.29, 0.717) is 5.92 Å². The summed E-state index contributed by atoms with van der Waals surface area (Å²) in [6.07, 6.45) is 0.885. The van der Waals surface area contributed by atoms with E-state index in [1.807, 2.05) is 0 Å². The molecule has 0 aromatic heterocycles. The third-order valence-electron chi connectivity index (χ3n) is 1.59. The van der Waals surface area contributed by atoms with Crippen molar-refractivity contribution in [3.8, 4) is 0 Å². The first-order chi connectivity index (χ1) is 4.95. The van der Waals surface area contributed by atoms with Crippen LogP contribution in [0, 0.1) is 5.92 Å². The highest BCUT2D eigenvalue weighted by Crippen LogP contribution is 2.11. The monoisotopic (exact) mass is 155 g/mol. The predicted molar refractivity (Wildman–Crippen MR) is 47.0 cm³/mol. The quantitative estimate of drug-likeness (QED) is 0.610. The Morgan fingerprint density at radius 2 is 2.00 bits per heavy atom. The first kappa shape index (κ1) is 10.2. The van der Waals surface area contributed by atoms with Gasteiger partial charge in [0, 0.05) is 19.7 Å². The fraction of sp³-hybridized carbons (Fsp3) is 0.667. The fourth-order valence-electron chi connectivity index (χ4n) is 0.831. The molecule has 0 bridgehead atoms. The van der Waals surface area contributed by atoms with E-state index in [1.165, 1.54) is 0 Å². The van der Waals surface area contributed by atoms with Crippen LogP contribution in [0.5, 0.6) is 0 Å². The number of hydrogen-bond donors (Lipinski definition) is 0.